The molecule has 0 aliphatic carbocycles. The van der Waals surface area contributed by atoms with Crippen molar-refractivity contribution in [3.63, 3.8) is 0 Å². The van der Waals surface area contributed by atoms with E-state index in [1.165, 1.54) is 6.42 Å². The van der Waals surface area contributed by atoms with Crippen LogP contribution in [0.3, 0.4) is 0 Å². The Morgan fingerprint density at radius 3 is 2.94 bits per heavy atom. The summed E-state index contributed by atoms with van der Waals surface area (Å²) in [6.45, 7) is 4.68. The molecule has 1 aromatic heterocycles. The van der Waals surface area contributed by atoms with E-state index in [1.54, 1.807) is 0 Å². The number of amides is 1. The Hall–Kier alpha value is -1.36. The van der Waals surface area contributed by atoms with Crippen LogP contribution in [0, 0.1) is 0 Å². The highest BCUT2D eigenvalue weighted by Gasteiger charge is 2.16. The highest BCUT2D eigenvalue weighted by atomic mass is 16.2. The largest absolute Gasteiger partial charge is 0.343 e. The summed E-state index contributed by atoms with van der Waals surface area (Å²) < 4.78 is 0. The van der Waals surface area contributed by atoms with E-state index >= 15 is 0 Å². The van der Waals surface area contributed by atoms with Crippen LogP contribution < -0.4 is 5.32 Å². The lowest BCUT2D eigenvalue weighted by Gasteiger charge is -2.27. The van der Waals surface area contributed by atoms with Crippen molar-refractivity contribution in [2.45, 2.75) is 38.6 Å². The summed E-state index contributed by atoms with van der Waals surface area (Å²) in [6.07, 6.45) is 7.85. The molecule has 1 amide bonds. The summed E-state index contributed by atoms with van der Waals surface area (Å²) in [6, 6.07) is 0.234. The number of rotatable bonds is 5. The molecular weight excluding hydrogens is 228 g/mol. The molecule has 0 aromatic carbocycles. The van der Waals surface area contributed by atoms with Crippen LogP contribution >= 0.6 is 0 Å². The van der Waals surface area contributed by atoms with Gasteiger partial charge >= 0.3 is 0 Å². The summed E-state index contributed by atoms with van der Waals surface area (Å²) in [5.41, 5.74) is 1.13. The van der Waals surface area contributed by atoms with Crippen molar-refractivity contribution in [3.8, 4) is 0 Å². The van der Waals surface area contributed by atoms with Crippen molar-refractivity contribution < 1.29 is 4.79 Å². The number of aromatic nitrogens is 2. The van der Waals surface area contributed by atoms with Gasteiger partial charge in [0.2, 0.25) is 5.91 Å². The fraction of sp³-hybridized carbons (Fsp3) is 0.692. The molecule has 1 unspecified atom stereocenters. The second-order valence-electron chi connectivity index (χ2n) is 4.90. The Bertz CT molecular complexity index is 357. The van der Waals surface area contributed by atoms with Gasteiger partial charge in [-0.25, -0.2) is 0 Å². The number of aromatic amines is 1. The fourth-order valence-electron chi connectivity index (χ4n) is 2.31. The van der Waals surface area contributed by atoms with Crippen molar-refractivity contribution in [3.05, 3.63) is 18.0 Å². The van der Waals surface area contributed by atoms with Gasteiger partial charge in [0.1, 0.15) is 0 Å². The van der Waals surface area contributed by atoms with E-state index in [-0.39, 0.29) is 11.9 Å². The molecule has 1 saturated heterocycles. The van der Waals surface area contributed by atoms with Gasteiger partial charge in [0.15, 0.2) is 0 Å². The average molecular weight is 250 g/mol. The molecule has 100 valence electrons. The third-order valence-corrected chi connectivity index (χ3v) is 3.52. The molecular formula is C13H22N4O. The molecule has 2 rings (SSSR count). The Morgan fingerprint density at radius 1 is 1.50 bits per heavy atom. The van der Waals surface area contributed by atoms with Crippen LogP contribution in [0.5, 0.6) is 0 Å². The zero-order valence-corrected chi connectivity index (χ0v) is 11.0. The number of likely N-dealkylation sites (tertiary alicyclic amines) is 1. The van der Waals surface area contributed by atoms with Gasteiger partial charge in [0.05, 0.1) is 6.20 Å². The summed E-state index contributed by atoms with van der Waals surface area (Å²) in [4.78, 5) is 13.9. The maximum absolute atomic E-state index is 11.9. The maximum Gasteiger partial charge on any atom is 0.223 e. The maximum atomic E-state index is 11.9. The summed E-state index contributed by atoms with van der Waals surface area (Å²) in [5, 5.41) is 10.1. The third-order valence-electron chi connectivity index (χ3n) is 3.52. The third kappa shape index (κ3) is 3.57. The minimum absolute atomic E-state index is 0.234. The summed E-state index contributed by atoms with van der Waals surface area (Å²) in [7, 11) is 0. The molecule has 1 atom stereocenters. The molecule has 0 bridgehead atoms. The summed E-state index contributed by atoms with van der Waals surface area (Å²) >= 11 is 0. The Kier molecular flexibility index (Phi) is 4.75. The van der Waals surface area contributed by atoms with Crippen molar-refractivity contribution in [1.82, 2.24) is 20.4 Å². The quantitative estimate of drug-likeness (QED) is 0.831. The number of nitrogens with zero attached hydrogens (tertiary/aromatic N) is 2. The molecule has 5 heteroatoms. The normalized spacial score (nSPS) is 17.7. The van der Waals surface area contributed by atoms with Gasteiger partial charge in [-0.2, -0.15) is 5.10 Å². The molecule has 0 saturated carbocycles. The van der Waals surface area contributed by atoms with Gasteiger partial charge < -0.3 is 10.2 Å². The summed E-state index contributed by atoms with van der Waals surface area (Å²) in [5.74, 6) is 0.279. The number of hydrogen-bond donors (Lipinski definition) is 2. The van der Waals surface area contributed by atoms with Crippen LogP contribution in [0.25, 0.3) is 0 Å². The van der Waals surface area contributed by atoms with Crippen molar-refractivity contribution in [2.24, 2.45) is 0 Å². The highest BCUT2D eigenvalue weighted by Crippen LogP contribution is 2.11. The van der Waals surface area contributed by atoms with E-state index in [0.29, 0.717) is 6.42 Å². The molecule has 1 aromatic rings. The Balaban J connectivity index is 1.67. The fourth-order valence-corrected chi connectivity index (χ4v) is 2.31. The SMILES string of the molecule is CC(NCCC(=O)N1CCCCC1)c1cn[nH]c1. The van der Waals surface area contributed by atoms with Gasteiger partial charge in [-0.1, -0.05) is 0 Å². The van der Waals surface area contributed by atoms with Gasteiger partial charge in [0.25, 0.3) is 0 Å². The average Bonchev–Trinajstić information content (AvgIpc) is 2.93. The lowest BCUT2D eigenvalue weighted by molar-refractivity contribution is -0.132. The lowest BCUT2D eigenvalue weighted by atomic mass is 10.1. The molecule has 2 N–H and O–H groups in total. The second kappa shape index (κ2) is 6.54. The molecule has 18 heavy (non-hydrogen) atoms. The molecule has 2 heterocycles. The van der Waals surface area contributed by atoms with E-state index in [4.69, 9.17) is 0 Å². The van der Waals surface area contributed by atoms with Gasteiger partial charge in [0, 0.05) is 43.9 Å². The van der Waals surface area contributed by atoms with Crippen LogP contribution in [-0.4, -0.2) is 40.6 Å². The Morgan fingerprint density at radius 2 is 2.28 bits per heavy atom. The monoisotopic (exact) mass is 250 g/mol. The molecule has 1 aliphatic rings. The predicted molar refractivity (Wildman–Crippen MR) is 70.1 cm³/mol. The van der Waals surface area contributed by atoms with Crippen LogP contribution in [0.15, 0.2) is 12.4 Å². The standard InChI is InChI=1S/C13H22N4O/c1-11(12-9-15-16-10-12)14-6-5-13(18)17-7-3-2-4-8-17/h9-11,14H,2-8H2,1H3,(H,15,16). The number of carbonyl (C=O) groups excluding carboxylic acids is 1. The van der Waals surface area contributed by atoms with Crippen LogP contribution in [0.2, 0.25) is 0 Å². The van der Waals surface area contributed by atoms with Crippen molar-refractivity contribution in [2.75, 3.05) is 19.6 Å². The minimum atomic E-state index is 0.234. The first-order chi connectivity index (χ1) is 8.77. The van der Waals surface area contributed by atoms with Crippen molar-refractivity contribution in [1.29, 1.82) is 0 Å². The van der Waals surface area contributed by atoms with Crippen molar-refractivity contribution >= 4 is 5.91 Å². The number of hydrogen-bond acceptors (Lipinski definition) is 3. The highest BCUT2D eigenvalue weighted by molar-refractivity contribution is 5.76. The zero-order valence-electron chi connectivity index (χ0n) is 11.0. The van der Waals surface area contributed by atoms with Gasteiger partial charge in [-0.3, -0.25) is 9.89 Å². The van der Waals surface area contributed by atoms with Crippen LogP contribution in [0.1, 0.15) is 44.2 Å². The predicted octanol–water partition coefficient (Wildman–Crippen LogP) is 1.46. The molecule has 0 radical (unpaired) electrons. The Labute approximate surface area is 108 Å². The molecule has 0 spiro atoms. The number of H-pyrrole nitrogens is 1. The smallest absolute Gasteiger partial charge is 0.223 e. The van der Waals surface area contributed by atoms with Gasteiger partial charge in [-0.15, -0.1) is 0 Å². The lowest BCUT2D eigenvalue weighted by Crippen LogP contribution is -2.37. The first kappa shape index (κ1) is 13.1. The van der Waals surface area contributed by atoms with E-state index in [1.807, 2.05) is 17.3 Å². The first-order valence-electron chi connectivity index (χ1n) is 6.77. The van der Waals surface area contributed by atoms with Crippen LogP contribution in [0.4, 0.5) is 0 Å². The zero-order chi connectivity index (χ0) is 12.8. The van der Waals surface area contributed by atoms with E-state index in [2.05, 4.69) is 22.4 Å². The number of carbonyl (C=O) groups is 1. The van der Waals surface area contributed by atoms with Crippen LogP contribution in [-0.2, 0) is 4.79 Å². The van der Waals surface area contributed by atoms with E-state index in [9.17, 15) is 4.79 Å². The number of piperidine rings is 1. The van der Waals surface area contributed by atoms with Gasteiger partial charge in [-0.05, 0) is 26.2 Å². The second-order valence-corrected chi connectivity index (χ2v) is 4.90. The molecule has 1 fully saturated rings. The van der Waals surface area contributed by atoms with E-state index in [0.717, 1.165) is 38.0 Å². The molecule has 1 aliphatic heterocycles. The topological polar surface area (TPSA) is 61.0 Å². The molecule has 5 nitrogen and oxygen atoms in total. The minimum Gasteiger partial charge on any atom is -0.343 e. The number of nitrogens with one attached hydrogen (secondary N) is 2. The first-order valence-corrected chi connectivity index (χ1v) is 6.77. The van der Waals surface area contributed by atoms with E-state index < -0.39 is 0 Å².